The molecule has 146 valence electrons. The molecule has 1 fully saturated rings. The normalized spacial score (nSPS) is 15.3. The van der Waals surface area contributed by atoms with E-state index in [0.717, 1.165) is 54.7 Å². The summed E-state index contributed by atoms with van der Waals surface area (Å²) in [5.74, 6) is 0.235. The Kier molecular flexibility index (Phi) is 5.74. The number of benzene rings is 2. The minimum atomic E-state index is 0.235. The second kappa shape index (κ2) is 8.41. The number of fused-ring (bicyclic) bond motifs is 1. The predicted molar refractivity (Wildman–Crippen MR) is 116 cm³/mol. The largest absolute Gasteiger partial charge is 0.340 e. The summed E-state index contributed by atoms with van der Waals surface area (Å²) in [4.78, 5) is 23.0. The van der Waals surface area contributed by atoms with Gasteiger partial charge in [0.1, 0.15) is 0 Å². The van der Waals surface area contributed by atoms with E-state index in [0.29, 0.717) is 6.42 Å². The van der Waals surface area contributed by atoms with E-state index in [2.05, 4.69) is 54.3 Å². The lowest BCUT2D eigenvalue weighted by atomic mass is 10.0. The van der Waals surface area contributed by atoms with Crippen molar-refractivity contribution in [2.45, 2.75) is 26.7 Å². The summed E-state index contributed by atoms with van der Waals surface area (Å²) in [6.45, 7) is 8.91. The molecule has 1 aromatic heterocycles. The number of thiazole rings is 1. The smallest absolute Gasteiger partial charge is 0.227 e. The number of rotatable bonds is 5. The Morgan fingerprint density at radius 1 is 1.07 bits per heavy atom. The maximum atomic E-state index is 12.7. The Balaban J connectivity index is 1.46. The van der Waals surface area contributed by atoms with Crippen LogP contribution in [0.25, 0.3) is 10.8 Å². The molecular weight excluding hydrogens is 366 g/mol. The molecule has 0 spiro atoms. The summed E-state index contributed by atoms with van der Waals surface area (Å²) >= 11 is 1.69. The molecule has 4 rings (SSSR count). The molecule has 0 aliphatic carbocycles. The molecule has 3 aromatic rings. The van der Waals surface area contributed by atoms with Gasteiger partial charge in [0, 0.05) is 37.5 Å². The maximum Gasteiger partial charge on any atom is 0.227 e. The molecule has 2 aromatic carbocycles. The van der Waals surface area contributed by atoms with Crippen LogP contribution >= 0.6 is 11.3 Å². The minimum Gasteiger partial charge on any atom is -0.340 e. The minimum absolute atomic E-state index is 0.235. The number of hydrogen-bond acceptors (Lipinski definition) is 4. The van der Waals surface area contributed by atoms with Crippen LogP contribution in [0, 0.1) is 6.92 Å². The van der Waals surface area contributed by atoms with Crippen molar-refractivity contribution in [3.8, 4) is 0 Å². The molecule has 1 aliphatic rings. The molecule has 0 N–H and O–H groups in total. The van der Waals surface area contributed by atoms with Gasteiger partial charge in [-0.25, -0.2) is 4.98 Å². The molecule has 5 heteroatoms. The summed E-state index contributed by atoms with van der Waals surface area (Å²) < 4.78 is 0. The van der Waals surface area contributed by atoms with E-state index in [1.807, 2.05) is 11.8 Å². The number of aromatic nitrogens is 1. The molecule has 2 heterocycles. The van der Waals surface area contributed by atoms with Crippen molar-refractivity contribution in [2.75, 3.05) is 32.7 Å². The van der Waals surface area contributed by atoms with Gasteiger partial charge in [0.25, 0.3) is 0 Å². The van der Waals surface area contributed by atoms with E-state index in [-0.39, 0.29) is 5.91 Å². The standard InChI is InChI=1S/C23H27N3OS/c1-3-25-11-13-26(14-12-25)23(27)16-21-17(2)24-22(28-21)15-19-9-6-8-18-7-4-5-10-20(18)19/h4-10H,3,11-16H2,1-2H3. The van der Waals surface area contributed by atoms with Crippen LogP contribution in [0.4, 0.5) is 0 Å². The number of aryl methyl sites for hydroxylation is 1. The summed E-state index contributed by atoms with van der Waals surface area (Å²) in [6, 6.07) is 14.9. The maximum absolute atomic E-state index is 12.7. The van der Waals surface area contributed by atoms with E-state index in [9.17, 15) is 4.79 Å². The fraction of sp³-hybridized carbons (Fsp3) is 0.391. The van der Waals surface area contributed by atoms with Gasteiger partial charge >= 0.3 is 0 Å². The second-order valence-corrected chi connectivity index (χ2v) is 8.59. The number of carbonyl (C=O) groups is 1. The van der Waals surface area contributed by atoms with E-state index in [1.165, 1.54) is 16.3 Å². The van der Waals surface area contributed by atoms with Crippen LogP contribution in [0.5, 0.6) is 0 Å². The van der Waals surface area contributed by atoms with Gasteiger partial charge in [-0.1, -0.05) is 49.4 Å². The third kappa shape index (κ3) is 4.10. The highest BCUT2D eigenvalue weighted by Crippen LogP contribution is 2.26. The number of amides is 1. The van der Waals surface area contributed by atoms with Crippen molar-refractivity contribution < 1.29 is 4.79 Å². The lowest BCUT2D eigenvalue weighted by molar-refractivity contribution is -0.132. The van der Waals surface area contributed by atoms with E-state index < -0.39 is 0 Å². The van der Waals surface area contributed by atoms with Crippen LogP contribution < -0.4 is 0 Å². The molecule has 1 amide bonds. The number of likely N-dealkylation sites (N-methyl/N-ethyl adjacent to an activating group) is 1. The average molecular weight is 394 g/mol. The third-order valence-electron chi connectivity index (χ3n) is 5.64. The highest BCUT2D eigenvalue weighted by Gasteiger charge is 2.22. The van der Waals surface area contributed by atoms with Crippen LogP contribution in [-0.4, -0.2) is 53.4 Å². The summed E-state index contributed by atoms with van der Waals surface area (Å²) in [7, 11) is 0. The quantitative estimate of drug-likeness (QED) is 0.660. The molecule has 0 radical (unpaired) electrons. The van der Waals surface area contributed by atoms with Crippen LogP contribution in [0.3, 0.4) is 0 Å². The van der Waals surface area contributed by atoms with Crippen molar-refractivity contribution in [2.24, 2.45) is 0 Å². The molecule has 28 heavy (non-hydrogen) atoms. The van der Waals surface area contributed by atoms with E-state index >= 15 is 0 Å². The van der Waals surface area contributed by atoms with Crippen molar-refractivity contribution in [1.29, 1.82) is 0 Å². The molecular formula is C23H27N3OS. The SMILES string of the molecule is CCN1CCN(C(=O)Cc2sc(Cc3cccc4ccccc34)nc2C)CC1. The third-order valence-corrected chi connectivity index (χ3v) is 6.80. The average Bonchev–Trinajstić information content (AvgIpc) is 3.07. The highest BCUT2D eigenvalue weighted by molar-refractivity contribution is 7.11. The Morgan fingerprint density at radius 2 is 1.82 bits per heavy atom. The molecule has 0 unspecified atom stereocenters. The Bertz CT molecular complexity index is 968. The monoisotopic (exact) mass is 393 g/mol. The molecule has 0 atom stereocenters. The molecule has 4 nitrogen and oxygen atoms in total. The van der Waals surface area contributed by atoms with Crippen LogP contribution in [0.15, 0.2) is 42.5 Å². The first kappa shape index (κ1) is 19.1. The van der Waals surface area contributed by atoms with Gasteiger partial charge < -0.3 is 9.80 Å². The van der Waals surface area contributed by atoms with Crippen LogP contribution in [0.2, 0.25) is 0 Å². The van der Waals surface area contributed by atoms with Crippen LogP contribution in [0.1, 0.15) is 28.1 Å². The predicted octanol–water partition coefficient (Wildman–Crippen LogP) is 3.90. The highest BCUT2D eigenvalue weighted by atomic mass is 32.1. The van der Waals surface area contributed by atoms with Gasteiger partial charge in [0.2, 0.25) is 5.91 Å². The Labute approximate surface area is 170 Å². The summed E-state index contributed by atoms with van der Waals surface area (Å²) in [6.07, 6.45) is 1.29. The van der Waals surface area contributed by atoms with Gasteiger partial charge in [-0.2, -0.15) is 0 Å². The zero-order valence-electron chi connectivity index (χ0n) is 16.6. The van der Waals surface area contributed by atoms with Crippen molar-refractivity contribution in [3.05, 3.63) is 63.6 Å². The van der Waals surface area contributed by atoms with Gasteiger partial charge in [0.05, 0.1) is 17.1 Å². The Hall–Kier alpha value is -2.24. The fourth-order valence-corrected chi connectivity index (χ4v) is 4.98. The topological polar surface area (TPSA) is 36.4 Å². The van der Waals surface area contributed by atoms with Crippen molar-refractivity contribution in [3.63, 3.8) is 0 Å². The molecule has 0 saturated carbocycles. The fourth-order valence-electron chi connectivity index (χ4n) is 3.90. The number of nitrogens with zero attached hydrogens (tertiary/aromatic N) is 3. The van der Waals surface area contributed by atoms with E-state index in [4.69, 9.17) is 4.98 Å². The van der Waals surface area contributed by atoms with E-state index in [1.54, 1.807) is 11.3 Å². The van der Waals surface area contributed by atoms with Gasteiger partial charge in [-0.3, -0.25) is 4.79 Å². The first-order chi connectivity index (χ1) is 13.6. The number of hydrogen-bond donors (Lipinski definition) is 0. The second-order valence-electron chi connectivity index (χ2n) is 7.42. The Morgan fingerprint density at radius 3 is 2.61 bits per heavy atom. The summed E-state index contributed by atoms with van der Waals surface area (Å²) in [5.41, 5.74) is 2.29. The number of piperazine rings is 1. The zero-order valence-corrected chi connectivity index (χ0v) is 17.5. The lowest BCUT2D eigenvalue weighted by Gasteiger charge is -2.34. The molecule has 1 aliphatic heterocycles. The first-order valence-corrected chi connectivity index (χ1v) is 10.9. The summed E-state index contributed by atoms with van der Waals surface area (Å²) in [5, 5.41) is 3.63. The van der Waals surface area contributed by atoms with Crippen molar-refractivity contribution in [1.82, 2.24) is 14.8 Å². The van der Waals surface area contributed by atoms with Crippen molar-refractivity contribution >= 4 is 28.0 Å². The molecule has 1 saturated heterocycles. The zero-order chi connectivity index (χ0) is 19.5. The van der Waals surface area contributed by atoms with Gasteiger partial charge in [-0.05, 0) is 29.8 Å². The number of carbonyl (C=O) groups excluding carboxylic acids is 1. The van der Waals surface area contributed by atoms with Crippen LogP contribution in [-0.2, 0) is 17.6 Å². The van der Waals surface area contributed by atoms with Gasteiger partial charge in [-0.15, -0.1) is 11.3 Å². The molecule has 0 bridgehead atoms. The lowest BCUT2D eigenvalue weighted by Crippen LogP contribution is -2.48. The van der Waals surface area contributed by atoms with Gasteiger partial charge in [0.15, 0.2) is 0 Å². The first-order valence-electron chi connectivity index (χ1n) is 10.1.